The predicted octanol–water partition coefficient (Wildman–Crippen LogP) is 3.22. The van der Waals surface area contributed by atoms with Crippen LogP contribution in [0.5, 0.6) is 0 Å². The Balaban J connectivity index is 3.87. The number of ether oxygens (including phenoxy) is 1. The van der Waals surface area contributed by atoms with Crippen molar-refractivity contribution >= 4 is 11.9 Å². The van der Waals surface area contributed by atoms with Crippen LogP contribution in [0.25, 0.3) is 0 Å². The third-order valence-electron chi connectivity index (χ3n) is 4.16. The van der Waals surface area contributed by atoms with E-state index < -0.39 is 18.0 Å². The lowest BCUT2D eigenvalue weighted by Gasteiger charge is -2.29. The van der Waals surface area contributed by atoms with E-state index in [1.165, 1.54) is 57.4 Å². The normalized spacial score (nSPS) is 13.1. The van der Waals surface area contributed by atoms with E-state index in [2.05, 4.69) is 6.92 Å². The fourth-order valence-electron chi connectivity index (χ4n) is 2.90. The van der Waals surface area contributed by atoms with Crippen LogP contribution in [0.15, 0.2) is 12.2 Å². The first-order valence-electron chi connectivity index (χ1n) is 10.1. The van der Waals surface area contributed by atoms with Crippen molar-refractivity contribution in [3.8, 4) is 0 Å². The molecular formula is C21H39NO4. The number of aliphatic carboxylic acids is 1. The Morgan fingerprint density at radius 3 is 2.00 bits per heavy atom. The number of unbranched alkanes of at least 4 members (excludes halogenated alkanes) is 9. The maximum Gasteiger partial charge on any atom is 0.330 e. The van der Waals surface area contributed by atoms with Crippen molar-refractivity contribution in [2.45, 2.75) is 83.7 Å². The molecule has 152 valence electrons. The number of carbonyl (C=O) groups is 2. The number of esters is 1. The molecule has 5 nitrogen and oxygen atoms in total. The van der Waals surface area contributed by atoms with E-state index in [1.807, 2.05) is 27.2 Å². The van der Waals surface area contributed by atoms with Gasteiger partial charge in [0.05, 0.1) is 21.1 Å². The van der Waals surface area contributed by atoms with Crippen molar-refractivity contribution in [2.75, 3.05) is 27.7 Å². The van der Waals surface area contributed by atoms with E-state index in [0.717, 1.165) is 12.8 Å². The van der Waals surface area contributed by atoms with Gasteiger partial charge in [0.2, 0.25) is 0 Å². The summed E-state index contributed by atoms with van der Waals surface area (Å²) in [6, 6.07) is 0. The second kappa shape index (κ2) is 14.8. The molecular weight excluding hydrogens is 330 g/mol. The van der Waals surface area contributed by atoms with Crippen molar-refractivity contribution in [2.24, 2.45) is 0 Å². The van der Waals surface area contributed by atoms with Crippen molar-refractivity contribution in [3.05, 3.63) is 12.2 Å². The first-order chi connectivity index (χ1) is 12.2. The van der Waals surface area contributed by atoms with Crippen LogP contribution in [0.1, 0.15) is 77.6 Å². The maximum absolute atomic E-state index is 11.9. The molecule has 26 heavy (non-hydrogen) atoms. The molecule has 0 heterocycles. The zero-order chi connectivity index (χ0) is 19.8. The molecule has 0 aliphatic carbocycles. The van der Waals surface area contributed by atoms with Gasteiger partial charge in [-0.1, -0.05) is 64.4 Å². The van der Waals surface area contributed by atoms with Crippen LogP contribution in [0.3, 0.4) is 0 Å². The fraction of sp³-hybridized carbons (Fsp3) is 0.810. The fourth-order valence-corrected chi connectivity index (χ4v) is 2.90. The van der Waals surface area contributed by atoms with Gasteiger partial charge in [0.25, 0.3) is 0 Å². The van der Waals surface area contributed by atoms with Crippen LogP contribution in [-0.4, -0.2) is 50.2 Å². The molecule has 0 spiro atoms. The monoisotopic (exact) mass is 369 g/mol. The van der Waals surface area contributed by atoms with Gasteiger partial charge in [0.1, 0.15) is 6.54 Å². The highest BCUT2D eigenvalue weighted by molar-refractivity contribution is 5.82. The van der Waals surface area contributed by atoms with Crippen LogP contribution in [0, 0.1) is 0 Å². The Morgan fingerprint density at radius 2 is 1.50 bits per heavy atom. The summed E-state index contributed by atoms with van der Waals surface area (Å²) in [7, 11) is 5.78. The molecule has 1 atom stereocenters. The summed E-state index contributed by atoms with van der Waals surface area (Å²) in [5.74, 6) is -1.67. The van der Waals surface area contributed by atoms with Gasteiger partial charge in [0, 0.05) is 18.5 Å². The Hall–Kier alpha value is -1.36. The van der Waals surface area contributed by atoms with Gasteiger partial charge >= 0.3 is 5.97 Å². The van der Waals surface area contributed by atoms with Gasteiger partial charge in [-0.2, -0.15) is 0 Å². The first-order valence-corrected chi connectivity index (χ1v) is 10.1. The summed E-state index contributed by atoms with van der Waals surface area (Å²) in [4.78, 5) is 22.7. The minimum atomic E-state index is -1.20. The number of carboxylic acid groups (broad SMARTS) is 1. The van der Waals surface area contributed by atoms with Gasteiger partial charge < -0.3 is 19.1 Å². The van der Waals surface area contributed by atoms with Gasteiger partial charge in [-0.3, -0.25) is 0 Å². The average molecular weight is 370 g/mol. The number of nitrogens with zero attached hydrogens (tertiary/aromatic N) is 1. The molecule has 0 aromatic rings. The highest BCUT2D eigenvalue weighted by Gasteiger charge is 2.21. The molecule has 0 aliphatic heterocycles. The van der Waals surface area contributed by atoms with Crippen molar-refractivity contribution < 1.29 is 23.9 Å². The quantitative estimate of drug-likeness (QED) is 0.181. The molecule has 0 amide bonds. The van der Waals surface area contributed by atoms with Gasteiger partial charge in [0.15, 0.2) is 6.10 Å². The number of rotatable bonds is 16. The van der Waals surface area contributed by atoms with Crippen LogP contribution in [0.4, 0.5) is 0 Å². The Kier molecular flexibility index (Phi) is 14.0. The summed E-state index contributed by atoms with van der Waals surface area (Å²) >= 11 is 0. The second-order valence-electron chi connectivity index (χ2n) is 8.13. The zero-order valence-electron chi connectivity index (χ0n) is 17.3. The maximum atomic E-state index is 11.9. The molecule has 0 aliphatic rings. The number of carboxylic acids is 1. The molecule has 5 heteroatoms. The van der Waals surface area contributed by atoms with Crippen LogP contribution in [-0.2, 0) is 14.3 Å². The number of allylic oxidation sites excluding steroid dienone is 1. The smallest absolute Gasteiger partial charge is 0.330 e. The number of carbonyl (C=O) groups excluding carboxylic acids is 2. The van der Waals surface area contributed by atoms with E-state index in [9.17, 15) is 14.7 Å². The summed E-state index contributed by atoms with van der Waals surface area (Å²) in [5.41, 5.74) is 0. The van der Waals surface area contributed by atoms with Crippen LogP contribution in [0.2, 0.25) is 0 Å². The Bertz CT molecular complexity index is 413. The summed E-state index contributed by atoms with van der Waals surface area (Å²) in [6.07, 6.45) is 14.6. The van der Waals surface area contributed by atoms with Crippen LogP contribution < -0.4 is 5.11 Å². The lowest BCUT2D eigenvalue weighted by molar-refractivity contribution is -0.873. The summed E-state index contributed by atoms with van der Waals surface area (Å²) in [6.45, 7) is 2.67. The molecule has 1 unspecified atom stereocenters. The van der Waals surface area contributed by atoms with E-state index in [4.69, 9.17) is 4.74 Å². The molecule has 0 bridgehead atoms. The third-order valence-corrected chi connectivity index (χ3v) is 4.16. The van der Waals surface area contributed by atoms with Crippen molar-refractivity contribution in [1.29, 1.82) is 0 Å². The lowest BCUT2D eigenvalue weighted by atomic mass is 10.1. The van der Waals surface area contributed by atoms with Crippen molar-refractivity contribution in [3.63, 3.8) is 0 Å². The number of likely N-dealkylation sites (N-methyl/N-ethyl adjacent to an activating group) is 1. The molecule has 0 radical (unpaired) electrons. The lowest BCUT2D eigenvalue weighted by Crippen LogP contribution is -2.45. The number of hydrogen-bond acceptors (Lipinski definition) is 4. The van der Waals surface area contributed by atoms with Crippen LogP contribution >= 0.6 is 0 Å². The molecule has 0 rings (SSSR count). The molecule has 0 saturated carbocycles. The van der Waals surface area contributed by atoms with Gasteiger partial charge in [-0.15, -0.1) is 0 Å². The SMILES string of the molecule is CCCCCCCCCCCC=CC(=O)OC(CC(=O)[O-])C[N+](C)(C)C. The second-order valence-corrected chi connectivity index (χ2v) is 8.13. The van der Waals surface area contributed by atoms with Gasteiger partial charge in [-0.05, 0) is 12.8 Å². The molecule has 0 N–H and O–H groups in total. The molecule has 0 aromatic carbocycles. The van der Waals surface area contributed by atoms with E-state index in [0.29, 0.717) is 11.0 Å². The van der Waals surface area contributed by atoms with E-state index >= 15 is 0 Å². The first kappa shape index (κ1) is 24.6. The predicted molar refractivity (Wildman–Crippen MR) is 103 cm³/mol. The Labute approximate surface area is 160 Å². The number of hydrogen-bond donors (Lipinski definition) is 0. The van der Waals surface area contributed by atoms with E-state index in [-0.39, 0.29) is 6.42 Å². The summed E-state index contributed by atoms with van der Waals surface area (Å²) < 4.78 is 5.79. The Morgan fingerprint density at radius 1 is 0.962 bits per heavy atom. The number of quaternary nitrogens is 1. The zero-order valence-corrected chi connectivity index (χ0v) is 17.3. The average Bonchev–Trinajstić information content (AvgIpc) is 2.50. The van der Waals surface area contributed by atoms with Crippen molar-refractivity contribution in [1.82, 2.24) is 0 Å². The minimum Gasteiger partial charge on any atom is -0.550 e. The topological polar surface area (TPSA) is 66.4 Å². The van der Waals surface area contributed by atoms with E-state index in [1.54, 1.807) is 0 Å². The summed E-state index contributed by atoms with van der Waals surface area (Å²) in [5, 5.41) is 10.8. The van der Waals surface area contributed by atoms with Gasteiger partial charge in [-0.25, -0.2) is 4.79 Å². The third kappa shape index (κ3) is 17.5. The standard InChI is InChI=1S/C21H39NO4/c1-5-6-7-8-9-10-11-12-13-14-15-16-21(25)26-19(17-20(23)24)18-22(2,3)4/h15-16,19H,5-14,17-18H2,1-4H3. The largest absolute Gasteiger partial charge is 0.550 e. The highest BCUT2D eigenvalue weighted by atomic mass is 16.5. The molecule has 0 fully saturated rings. The highest BCUT2D eigenvalue weighted by Crippen LogP contribution is 2.11. The molecule has 0 saturated heterocycles. The minimum absolute atomic E-state index is 0.270. The molecule has 0 aromatic heterocycles.